The predicted molar refractivity (Wildman–Crippen MR) is 139 cm³/mol. The molecule has 38 heavy (non-hydrogen) atoms. The number of aryl methyl sites for hydroxylation is 2. The maximum absolute atomic E-state index is 12.9. The monoisotopic (exact) mass is 623 g/mol. The highest BCUT2D eigenvalue weighted by Gasteiger charge is 2.56. The zero-order valence-corrected chi connectivity index (χ0v) is 24.1. The lowest BCUT2D eigenvalue weighted by molar-refractivity contribution is -0.671. The first-order chi connectivity index (χ1) is 17.9. The number of rotatable bonds is 4. The fourth-order valence-corrected chi connectivity index (χ4v) is 7.41. The molecule has 0 N–H and O–H groups in total. The molecule has 0 radical (unpaired) electrons. The SMILES string of the molecule is C[n+]1cccc(C(=O)O[C@H]2CC[C@H]3[C@@H]4CCc5cc(OC(=O)c6ccccc6)ccc5[C@H]4CC[C@]23C)c1.[I-]. The Bertz CT molecular complexity index is 1340. The third-order valence-electron chi connectivity index (χ3n) is 9.26. The highest BCUT2D eigenvalue weighted by Crippen LogP contribution is 2.61. The molecule has 5 nitrogen and oxygen atoms in total. The van der Waals surface area contributed by atoms with E-state index in [-0.39, 0.29) is 47.4 Å². The van der Waals surface area contributed by atoms with Crippen LogP contribution in [-0.2, 0) is 18.2 Å². The van der Waals surface area contributed by atoms with E-state index in [1.807, 2.05) is 60.4 Å². The van der Waals surface area contributed by atoms with Gasteiger partial charge in [-0.3, -0.25) is 0 Å². The molecule has 2 fully saturated rings. The Hall–Kier alpha value is -2.74. The van der Waals surface area contributed by atoms with Crippen LogP contribution in [0.1, 0.15) is 76.8 Å². The number of esters is 2. The minimum Gasteiger partial charge on any atom is -1.00 e. The van der Waals surface area contributed by atoms with Gasteiger partial charge in [0.05, 0.1) is 5.56 Å². The number of ether oxygens (including phenoxy) is 2. The Morgan fingerprint density at radius 3 is 2.50 bits per heavy atom. The van der Waals surface area contributed by atoms with E-state index in [9.17, 15) is 9.59 Å². The molecule has 6 rings (SSSR count). The van der Waals surface area contributed by atoms with Gasteiger partial charge in [-0.2, -0.15) is 0 Å². The van der Waals surface area contributed by atoms with Crippen molar-refractivity contribution >= 4 is 11.9 Å². The number of aromatic nitrogens is 1. The Morgan fingerprint density at radius 1 is 0.921 bits per heavy atom. The van der Waals surface area contributed by atoms with Gasteiger partial charge in [-0.1, -0.05) is 31.2 Å². The minimum absolute atomic E-state index is 0. The number of carbonyl (C=O) groups is 2. The normalized spacial score (nSPS) is 27.2. The molecule has 3 aromatic rings. The number of halogens is 1. The predicted octanol–water partition coefficient (Wildman–Crippen LogP) is 2.82. The van der Waals surface area contributed by atoms with Crippen LogP contribution >= 0.6 is 0 Å². The van der Waals surface area contributed by atoms with Gasteiger partial charge in [-0.25, -0.2) is 14.2 Å². The number of benzene rings is 2. The van der Waals surface area contributed by atoms with E-state index in [1.165, 1.54) is 11.1 Å². The van der Waals surface area contributed by atoms with Crippen LogP contribution < -0.4 is 33.3 Å². The van der Waals surface area contributed by atoms with Crippen molar-refractivity contribution in [2.24, 2.45) is 24.3 Å². The van der Waals surface area contributed by atoms with Gasteiger partial charge in [0.2, 0.25) is 0 Å². The molecule has 5 atom stereocenters. The first kappa shape index (κ1) is 26.9. The first-order valence-corrected chi connectivity index (χ1v) is 13.5. The maximum atomic E-state index is 12.9. The summed E-state index contributed by atoms with van der Waals surface area (Å²) in [5.74, 6) is 1.76. The molecule has 0 bridgehead atoms. The van der Waals surface area contributed by atoms with Gasteiger partial charge in [-0.15, -0.1) is 0 Å². The van der Waals surface area contributed by atoms with Gasteiger partial charge in [-0.05, 0) is 97.7 Å². The van der Waals surface area contributed by atoms with Crippen molar-refractivity contribution in [3.8, 4) is 5.75 Å². The quantitative estimate of drug-likeness (QED) is 0.194. The third kappa shape index (κ3) is 4.88. The number of carbonyl (C=O) groups excluding carboxylic acids is 2. The zero-order chi connectivity index (χ0) is 25.6. The summed E-state index contributed by atoms with van der Waals surface area (Å²) >= 11 is 0. The summed E-state index contributed by atoms with van der Waals surface area (Å²) in [7, 11) is 1.92. The maximum Gasteiger partial charge on any atom is 0.344 e. The molecule has 3 aliphatic carbocycles. The molecule has 0 amide bonds. The Balaban J connectivity index is 0.00000294. The van der Waals surface area contributed by atoms with Crippen LogP contribution in [0.4, 0.5) is 0 Å². The molecule has 6 heteroatoms. The number of pyridine rings is 1. The summed E-state index contributed by atoms with van der Waals surface area (Å²) in [4.78, 5) is 25.5. The summed E-state index contributed by atoms with van der Waals surface area (Å²) in [6.07, 6.45) is 10.0. The smallest absolute Gasteiger partial charge is 0.344 e. The standard InChI is InChI=1S/C32H34NO4.HI/c1-32-17-16-26-25-13-11-24(36-30(34)21-7-4-3-5-8-21)19-22(25)10-12-27(26)28(32)14-15-29(32)37-31(35)23-9-6-18-33(2)20-23;/h3-9,11,13,18-20,26-29H,10,12,14-17H2,1-2H3;1H/q+1;/p-1/t26-,27-,28+,29+,32+;/m1./s1. The second-order valence-corrected chi connectivity index (χ2v) is 11.3. The lowest BCUT2D eigenvalue weighted by atomic mass is 9.55. The number of hydrogen-bond donors (Lipinski definition) is 0. The molecule has 0 spiro atoms. The van der Waals surface area contributed by atoms with E-state index in [0.717, 1.165) is 38.5 Å². The van der Waals surface area contributed by atoms with Gasteiger partial charge in [0.25, 0.3) is 0 Å². The molecule has 1 aromatic heterocycles. The zero-order valence-electron chi connectivity index (χ0n) is 21.9. The van der Waals surface area contributed by atoms with Crippen LogP contribution in [0.2, 0.25) is 0 Å². The molecule has 2 saturated carbocycles. The largest absolute Gasteiger partial charge is 1.00 e. The van der Waals surface area contributed by atoms with Crippen molar-refractivity contribution in [3.05, 3.63) is 95.3 Å². The summed E-state index contributed by atoms with van der Waals surface area (Å²) in [6.45, 7) is 2.35. The third-order valence-corrected chi connectivity index (χ3v) is 9.26. The van der Waals surface area contributed by atoms with E-state index >= 15 is 0 Å². The van der Waals surface area contributed by atoms with Crippen LogP contribution in [0.25, 0.3) is 0 Å². The summed E-state index contributed by atoms with van der Waals surface area (Å²) in [5.41, 5.74) is 3.91. The van der Waals surface area contributed by atoms with Crippen LogP contribution in [0, 0.1) is 17.3 Å². The fourth-order valence-electron chi connectivity index (χ4n) is 7.41. The van der Waals surface area contributed by atoms with Crippen molar-refractivity contribution in [2.45, 2.75) is 57.5 Å². The molecule has 0 saturated heterocycles. The van der Waals surface area contributed by atoms with E-state index in [0.29, 0.717) is 34.6 Å². The van der Waals surface area contributed by atoms with Gasteiger partial charge in [0, 0.05) is 11.5 Å². The topological polar surface area (TPSA) is 56.5 Å². The van der Waals surface area contributed by atoms with Crippen molar-refractivity contribution in [1.29, 1.82) is 0 Å². The van der Waals surface area contributed by atoms with Gasteiger partial charge >= 0.3 is 11.9 Å². The summed E-state index contributed by atoms with van der Waals surface area (Å²) < 4.78 is 13.7. The second kappa shape index (κ2) is 10.8. The molecule has 0 unspecified atom stereocenters. The lowest BCUT2D eigenvalue weighted by Gasteiger charge is -2.50. The van der Waals surface area contributed by atoms with Crippen molar-refractivity contribution < 1.29 is 47.6 Å². The number of nitrogens with zero attached hydrogens (tertiary/aromatic N) is 1. The summed E-state index contributed by atoms with van der Waals surface area (Å²) in [6, 6.07) is 19.0. The average Bonchev–Trinajstić information content (AvgIpc) is 3.24. The minimum atomic E-state index is -0.321. The average molecular weight is 624 g/mol. The Morgan fingerprint density at radius 2 is 1.71 bits per heavy atom. The van der Waals surface area contributed by atoms with Crippen LogP contribution in [0.15, 0.2) is 73.1 Å². The molecule has 3 aliphatic rings. The fraction of sp³-hybridized carbons (Fsp3) is 0.406. The Labute approximate surface area is 241 Å². The highest BCUT2D eigenvalue weighted by molar-refractivity contribution is 5.91. The molecule has 2 aromatic carbocycles. The molecule has 0 aliphatic heterocycles. The van der Waals surface area contributed by atoms with Crippen molar-refractivity contribution in [3.63, 3.8) is 0 Å². The molecule has 198 valence electrons. The van der Waals surface area contributed by atoms with Gasteiger partial charge in [0.15, 0.2) is 12.4 Å². The second-order valence-electron chi connectivity index (χ2n) is 11.3. The van der Waals surface area contributed by atoms with E-state index in [2.05, 4.69) is 19.1 Å². The van der Waals surface area contributed by atoms with E-state index < -0.39 is 0 Å². The first-order valence-electron chi connectivity index (χ1n) is 13.5. The highest BCUT2D eigenvalue weighted by atomic mass is 127. The molecular formula is C32H34INO4. The van der Waals surface area contributed by atoms with Crippen LogP contribution in [0.3, 0.4) is 0 Å². The molecular weight excluding hydrogens is 589 g/mol. The molecule has 1 heterocycles. The van der Waals surface area contributed by atoms with E-state index in [1.54, 1.807) is 12.1 Å². The lowest BCUT2D eigenvalue weighted by Crippen LogP contribution is -3.00. The number of hydrogen-bond acceptors (Lipinski definition) is 4. The van der Waals surface area contributed by atoms with Crippen LogP contribution in [-0.4, -0.2) is 18.0 Å². The van der Waals surface area contributed by atoms with E-state index in [4.69, 9.17) is 9.47 Å². The Kier molecular flexibility index (Phi) is 7.63. The van der Waals surface area contributed by atoms with Crippen LogP contribution in [0.5, 0.6) is 5.75 Å². The van der Waals surface area contributed by atoms with Crippen molar-refractivity contribution in [1.82, 2.24) is 0 Å². The van der Waals surface area contributed by atoms with Crippen molar-refractivity contribution in [2.75, 3.05) is 0 Å². The number of fused-ring (bicyclic) bond motifs is 5. The van der Waals surface area contributed by atoms with Gasteiger partial charge in [0.1, 0.15) is 24.5 Å². The summed E-state index contributed by atoms with van der Waals surface area (Å²) in [5, 5.41) is 0. The van der Waals surface area contributed by atoms with Gasteiger partial charge < -0.3 is 33.5 Å².